The van der Waals surface area contributed by atoms with Crippen LogP contribution in [0.3, 0.4) is 0 Å². The number of carbonyl (C=O) groups excluding carboxylic acids is 1. The zero-order valence-electron chi connectivity index (χ0n) is 16.4. The van der Waals surface area contributed by atoms with E-state index in [9.17, 15) is 18.0 Å². The van der Waals surface area contributed by atoms with Crippen molar-refractivity contribution in [2.24, 2.45) is 11.8 Å². The van der Waals surface area contributed by atoms with Gasteiger partial charge >= 0.3 is 6.18 Å². The Balaban J connectivity index is 0.00000176. The lowest BCUT2D eigenvalue weighted by Gasteiger charge is -2.38. The van der Waals surface area contributed by atoms with Gasteiger partial charge in [-0.15, -0.1) is 0 Å². The molecule has 1 aromatic carbocycles. The highest BCUT2D eigenvalue weighted by Gasteiger charge is 2.59. The summed E-state index contributed by atoms with van der Waals surface area (Å²) in [6.45, 7) is 8.49. The maximum atomic E-state index is 14.4. The molecule has 2 rings (SSSR count). The summed E-state index contributed by atoms with van der Waals surface area (Å²) in [6, 6.07) is 4.14. The molecule has 6 heteroatoms. The van der Waals surface area contributed by atoms with E-state index in [2.05, 4.69) is 17.2 Å². The van der Waals surface area contributed by atoms with Crippen molar-refractivity contribution in [2.75, 3.05) is 5.32 Å². The quantitative estimate of drug-likeness (QED) is 0.567. The highest BCUT2D eigenvalue weighted by atomic mass is 35.5. The molecule has 0 radical (unpaired) electrons. The van der Waals surface area contributed by atoms with Gasteiger partial charge in [0, 0.05) is 29.1 Å². The van der Waals surface area contributed by atoms with Gasteiger partial charge in [-0.2, -0.15) is 13.2 Å². The highest BCUT2D eigenvalue weighted by molar-refractivity contribution is 6.30. The third-order valence-electron chi connectivity index (χ3n) is 4.57. The molecule has 0 saturated heterocycles. The fraction of sp³-hybridized carbons (Fsp3) is 0.571. The van der Waals surface area contributed by atoms with Gasteiger partial charge in [-0.25, -0.2) is 0 Å². The van der Waals surface area contributed by atoms with E-state index in [1.165, 1.54) is 32.0 Å². The van der Waals surface area contributed by atoms with E-state index in [1.54, 1.807) is 6.92 Å². The fourth-order valence-corrected chi connectivity index (χ4v) is 3.02. The SMILES string of the molecule is CC.CCC(C)[C@@](C#CC1CC1)(c1cc(Cl)ccc1NC(C)=O)C(F)(F)F. The lowest BCUT2D eigenvalue weighted by Crippen LogP contribution is -2.47. The van der Waals surface area contributed by atoms with Crippen molar-refractivity contribution >= 4 is 23.2 Å². The Bertz CT molecular complexity index is 716. The van der Waals surface area contributed by atoms with Gasteiger partial charge < -0.3 is 5.32 Å². The van der Waals surface area contributed by atoms with Crippen LogP contribution in [0.1, 0.15) is 59.4 Å². The summed E-state index contributed by atoms with van der Waals surface area (Å²) in [6.07, 6.45) is -2.67. The highest BCUT2D eigenvalue weighted by Crippen LogP contribution is 2.50. The van der Waals surface area contributed by atoms with Crippen molar-refractivity contribution < 1.29 is 18.0 Å². The van der Waals surface area contributed by atoms with Crippen molar-refractivity contribution in [3.8, 4) is 11.8 Å². The molecule has 1 amide bonds. The van der Waals surface area contributed by atoms with Crippen molar-refractivity contribution in [2.45, 2.75) is 65.5 Å². The first-order chi connectivity index (χ1) is 12.6. The second-order valence-corrected chi connectivity index (χ2v) is 6.97. The molecule has 2 nitrogen and oxygen atoms in total. The zero-order valence-corrected chi connectivity index (χ0v) is 17.2. The van der Waals surface area contributed by atoms with E-state index < -0.39 is 23.4 Å². The average molecular weight is 402 g/mol. The number of hydrogen-bond donors (Lipinski definition) is 1. The molecule has 2 atom stereocenters. The molecule has 0 heterocycles. The van der Waals surface area contributed by atoms with Gasteiger partial charge in [0.25, 0.3) is 0 Å². The van der Waals surface area contributed by atoms with Gasteiger partial charge in [-0.05, 0) is 37.0 Å². The Hall–Kier alpha value is -1.67. The minimum atomic E-state index is -4.61. The summed E-state index contributed by atoms with van der Waals surface area (Å²) in [5, 5.41) is 2.67. The van der Waals surface area contributed by atoms with Gasteiger partial charge in [0.15, 0.2) is 5.41 Å². The van der Waals surface area contributed by atoms with Gasteiger partial charge in [-0.1, -0.05) is 57.6 Å². The number of alkyl halides is 3. The number of nitrogens with one attached hydrogen (secondary N) is 1. The van der Waals surface area contributed by atoms with E-state index in [4.69, 9.17) is 11.6 Å². The van der Waals surface area contributed by atoms with Crippen LogP contribution in [0, 0.1) is 23.7 Å². The summed E-state index contributed by atoms with van der Waals surface area (Å²) in [5.74, 6) is 4.13. The normalized spacial score (nSPS) is 16.8. The molecule has 1 aliphatic rings. The van der Waals surface area contributed by atoms with E-state index in [-0.39, 0.29) is 28.6 Å². The first-order valence-corrected chi connectivity index (χ1v) is 9.66. The lowest BCUT2D eigenvalue weighted by atomic mass is 9.69. The van der Waals surface area contributed by atoms with Crippen LogP contribution < -0.4 is 5.32 Å². The van der Waals surface area contributed by atoms with Crippen molar-refractivity contribution in [3.63, 3.8) is 0 Å². The molecule has 0 spiro atoms. The molecular weight excluding hydrogens is 375 g/mol. The minimum absolute atomic E-state index is 0.0224. The number of carbonyl (C=O) groups is 1. The summed E-state index contributed by atoms with van der Waals surface area (Å²) in [7, 11) is 0. The van der Waals surface area contributed by atoms with Crippen LogP contribution in [0.25, 0.3) is 0 Å². The lowest BCUT2D eigenvalue weighted by molar-refractivity contribution is -0.186. The maximum Gasteiger partial charge on any atom is 0.409 e. The number of halogens is 4. The van der Waals surface area contributed by atoms with Gasteiger partial charge in [0.2, 0.25) is 5.91 Å². The second kappa shape index (κ2) is 9.50. The summed E-state index contributed by atoms with van der Waals surface area (Å²) in [5.41, 5.74) is -2.38. The molecule has 0 aromatic heterocycles. The summed E-state index contributed by atoms with van der Waals surface area (Å²) >= 11 is 6.00. The van der Waals surface area contributed by atoms with Crippen molar-refractivity contribution in [3.05, 3.63) is 28.8 Å². The molecule has 150 valence electrons. The maximum absolute atomic E-state index is 14.4. The first-order valence-electron chi connectivity index (χ1n) is 9.28. The summed E-state index contributed by atoms with van der Waals surface area (Å²) < 4.78 is 43.1. The van der Waals surface area contributed by atoms with Crippen LogP contribution in [0.4, 0.5) is 18.9 Å². The molecule has 1 unspecified atom stereocenters. The smallest absolute Gasteiger partial charge is 0.326 e. The minimum Gasteiger partial charge on any atom is -0.326 e. The standard InChI is InChI=1S/C19H21ClF3NO.C2H6/c1-4-12(2)18(19(21,22)23,10-9-14-5-6-14)16-11-15(20)7-8-17(16)24-13(3)25;1-2/h7-8,11-12,14H,4-6H2,1-3H3,(H,24,25);1-2H3/t12?,18-;/m0./s1. The third-order valence-corrected chi connectivity index (χ3v) is 4.80. The Morgan fingerprint density at radius 3 is 2.37 bits per heavy atom. The number of rotatable bonds is 4. The predicted molar refractivity (Wildman–Crippen MR) is 105 cm³/mol. The molecule has 1 fully saturated rings. The van der Waals surface area contributed by atoms with Crippen LogP contribution in [0.2, 0.25) is 5.02 Å². The van der Waals surface area contributed by atoms with Gasteiger partial charge in [0.05, 0.1) is 0 Å². The molecular formula is C21H27ClF3NO. The molecule has 1 aliphatic carbocycles. The number of amides is 1. The monoisotopic (exact) mass is 401 g/mol. The molecule has 1 N–H and O–H groups in total. The Kier molecular flexibility index (Phi) is 8.23. The van der Waals surface area contributed by atoms with E-state index >= 15 is 0 Å². The fourth-order valence-electron chi connectivity index (χ4n) is 2.85. The van der Waals surface area contributed by atoms with Crippen LogP contribution in [-0.4, -0.2) is 12.1 Å². The molecule has 1 aromatic rings. The number of benzene rings is 1. The molecule has 0 bridgehead atoms. The Morgan fingerprint density at radius 2 is 1.93 bits per heavy atom. The average Bonchev–Trinajstić information content (AvgIpc) is 3.42. The van der Waals surface area contributed by atoms with Gasteiger partial charge in [-0.3, -0.25) is 4.79 Å². The van der Waals surface area contributed by atoms with E-state index in [1.807, 2.05) is 13.8 Å². The third kappa shape index (κ3) is 5.42. The van der Waals surface area contributed by atoms with Gasteiger partial charge in [0.1, 0.15) is 0 Å². The number of hydrogen-bond acceptors (Lipinski definition) is 1. The van der Waals surface area contributed by atoms with Crippen LogP contribution >= 0.6 is 11.6 Å². The predicted octanol–water partition coefficient (Wildman–Crippen LogP) is 6.58. The summed E-state index contributed by atoms with van der Waals surface area (Å²) in [4.78, 5) is 11.5. The van der Waals surface area contributed by atoms with Crippen molar-refractivity contribution in [1.29, 1.82) is 0 Å². The zero-order chi connectivity index (χ0) is 20.8. The van der Waals surface area contributed by atoms with Crippen LogP contribution in [-0.2, 0) is 10.2 Å². The van der Waals surface area contributed by atoms with E-state index in [0.29, 0.717) is 0 Å². The largest absolute Gasteiger partial charge is 0.409 e. The van der Waals surface area contributed by atoms with Crippen LogP contribution in [0.5, 0.6) is 0 Å². The van der Waals surface area contributed by atoms with E-state index in [0.717, 1.165) is 12.8 Å². The molecule has 27 heavy (non-hydrogen) atoms. The molecule has 1 saturated carbocycles. The Labute approximate surface area is 164 Å². The second-order valence-electron chi connectivity index (χ2n) is 6.53. The van der Waals surface area contributed by atoms with Crippen LogP contribution in [0.15, 0.2) is 18.2 Å². The Morgan fingerprint density at radius 1 is 1.33 bits per heavy atom. The molecule has 0 aliphatic heterocycles. The number of anilines is 1. The van der Waals surface area contributed by atoms with Crippen molar-refractivity contribution in [1.82, 2.24) is 0 Å². The topological polar surface area (TPSA) is 29.1 Å². The first kappa shape index (κ1) is 23.4.